The minimum atomic E-state index is -1.09. The molecule has 1 aromatic carbocycles. The Balaban J connectivity index is 2.18. The Morgan fingerprint density at radius 2 is 2.28 bits per heavy atom. The molecule has 1 unspecified atom stereocenters. The predicted molar refractivity (Wildman–Crippen MR) is 65.9 cm³/mol. The van der Waals surface area contributed by atoms with E-state index in [1.165, 1.54) is 6.07 Å². The standard InChI is InChI=1S/C12H11BrFNO3/c13-8-5-7(1-2-9(8)14)6-10-11(16)3-4-15(10)12(17)18/h1-2,5,10H,3-4,6H2,(H,17,18). The summed E-state index contributed by atoms with van der Waals surface area (Å²) in [6, 6.07) is 3.77. The van der Waals surface area contributed by atoms with Gasteiger partial charge in [0, 0.05) is 19.4 Å². The lowest BCUT2D eigenvalue weighted by Gasteiger charge is -2.20. The van der Waals surface area contributed by atoms with Gasteiger partial charge in [-0.3, -0.25) is 9.69 Å². The number of carboxylic acid groups (broad SMARTS) is 1. The lowest BCUT2D eigenvalue weighted by molar-refractivity contribution is -0.119. The number of rotatable bonds is 2. The molecule has 1 atom stereocenters. The van der Waals surface area contributed by atoms with E-state index in [9.17, 15) is 14.0 Å². The van der Waals surface area contributed by atoms with Crippen LogP contribution in [0, 0.1) is 5.82 Å². The zero-order valence-electron chi connectivity index (χ0n) is 9.40. The highest BCUT2D eigenvalue weighted by molar-refractivity contribution is 9.10. The second-order valence-corrected chi connectivity index (χ2v) is 5.02. The van der Waals surface area contributed by atoms with E-state index in [2.05, 4.69) is 15.9 Å². The fourth-order valence-electron chi connectivity index (χ4n) is 2.07. The van der Waals surface area contributed by atoms with Crippen LogP contribution in [-0.2, 0) is 11.2 Å². The summed E-state index contributed by atoms with van der Waals surface area (Å²) in [5.74, 6) is -0.468. The molecular weight excluding hydrogens is 305 g/mol. The number of carbonyl (C=O) groups is 2. The van der Waals surface area contributed by atoms with Gasteiger partial charge in [0.15, 0.2) is 5.78 Å². The molecule has 0 spiro atoms. The molecule has 0 radical (unpaired) electrons. The number of nitrogens with zero attached hydrogens (tertiary/aromatic N) is 1. The number of hydrogen-bond donors (Lipinski definition) is 1. The van der Waals surface area contributed by atoms with Crippen LogP contribution in [-0.4, -0.2) is 34.5 Å². The minimum absolute atomic E-state index is 0.0853. The van der Waals surface area contributed by atoms with Crippen molar-refractivity contribution in [3.63, 3.8) is 0 Å². The van der Waals surface area contributed by atoms with Gasteiger partial charge in [-0.15, -0.1) is 0 Å². The molecule has 1 aromatic rings. The molecule has 4 nitrogen and oxygen atoms in total. The molecule has 1 fully saturated rings. The van der Waals surface area contributed by atoms with E-state index in [4.69, 9.17) is 5.11 Å². The van der Waals surface area contributed by atoms with Crippen molar-refractivity contribution in [3.8, 4) is 0 Å². The molecule has 0 aliphatic carbocycles. The van der Waals surface area contributed by atoms with E-state index < -0.39 is 12.1 Å². The molecule has 0 saturated carbocycles. The number of hydrogen-bond acceptors (Lipinski definition) is 2. The van der Waals surface area contributed by atoms with E-state index in [-0.39, 0.29) is 31.0 Å². The summed E-state index contributed by atoms with van der Waals surface area (Å²) in [5, 5.41) is 8.98. The van der Waals surface area contributed by atoms with Gasteiger partial charge in [-0.25, -0.2) is 9.18 Å². The summed E-state index contributed by atoms with van der Waals surface area (Å²) in [4.78, 5) is 23.8. The first-order valence-electron chi connectivity index (χ1n) is 5.45. The molecule has 1 amide bonds. The first kappa shape index (κ1) is 13.0. The number of carbonyl (C=O) groups excluding carboxylic acids is 1. The maximum Gasteiger partial charge on any atom is 0.407 e. The lowest BCUT2D eigenvalue weighted by atomic mass is 10.0. The van der Waals surface area contributed by atoms with E-state index in [1.807, 2.05) is 0 Å². The predicted octanol–water partition coefficient (Wildman–Crippen LogP) is 2.45. The number of benzene rings is 1. The Morgan fingerprint density at radius 1 is 1.56 bits per heavy atom. The number of likely N-dealkylation sites (tertiary alicyclic amines) is 1. The van der Waals surface area contributed by atoms with Crippen LogP contribution in [0.1, 0.15) is 12.0 Å². The molecule has 18 heavy (non-hydrogen) atoms. The number of Topliss-reactive ketones (excluding diaryl/α,β-unsaturated/α-hetero) is 1. The van der Waals surface area contributed by atoms with Crippen LogP contribution < -0.4 is 0 Å². The molecule has 1 aliphatic heterocycles. The van der Waals surface area contributed by atoms with Crippen LogP contribution in [0.25, 0.3) is 0 Å². The van der Waals surface area contributed by atoms with Gasteiger partial charge in [0.2, 0.25) is 0 Å². The molecule has 2 rings (SSSR count). The quantitative estimate of drug-likeness (QED) is 0.912. The highest BCUT2D eigenvalue weighted by Gasteiger charge is 2.35. The maximum atomic E-state index is 13.1. The zero-order chi connectivity index (χ0) is 13.3. The van der Waals surface area contributed by atoms with Gasteiger partial charge in [-0.2, -0.15) is 0 Å². The summed E-state index contributed by atoms with van der Waals surface area (Å²) in [7, 11) is 0. The van der Waals surface area contributed by atoms with E-state index in [1.54, 1.807) is 12.1 Å². The topological polar surface area (TPSA) is 57.6 Å². The first-order chi connectivity index (χ1) is 8.49. The molecule has 1 saturated heterocycles. The average Bonchev–Trinajstić information content (AvgIpc) is 2.66. The third kappa shape index (κ3) is 2.53. The van der Waals surface area contributed by atoms with E-state index >= 15 is 0 Å². The van der Waals surface area contributed by atoms with Crippen LogP contribution >= 0.6 is 15.9 Å². The van der Waals surface area contributed by atoms with Crippen molar-refractivity contribution in [2.45, 2.75) is 18.9 Å². The molecule has 96 valence electrons. The highest BCUT2D eigenvalue weighted by atomic mass is 79.9. The van der Waals surface area contributed by atoms with Crippen LogP contribution in [0.15, 0.2) is 22.7 Å². The molecular formula is C12H11BrFNO3. The van der Waals surface area contributed by atoms with Gasteiger partial charge in [0.05, 0.1) is 10.5 Å². The van der Waals surface area contributed by atoms with Crippen LogP contribution in [0.2, 0.25) is 0 Å². The van der Waals surface area contributed by atoms with Gasteiger partial charge < -0.3 is 5.11 Å². The minimum Gasteiger partial charge on any atom is -0.465 e. The number of halogens is 2. The normalized spacial score (nSPS) is 19.3. The second kappa shape index (κ2) is 5.06. The monoisotopic (exact) mass is 315 g/mol. The van der Waals surface area contributed by atoms with Crippen molar-refractivity contribution < 1.29 is 19.1 Å². The third-order valence-electron chi connectivity index (χ3n) is 3.01. The Labute approximate surface area is 112 Å². The molecule has 1 heterocycles. The Kier molecular flexibility index (Phi) is 3.65. The average molecular weight is 316 g/mol. The van der Waals surface area contributed by atoms with Crippen molar-refractivity contribution in [2.75, 3.05) is 6.54 Å². The summed E-state index contributed by atoms with van der Waals surface area (Å²) >= 11 is 3.06. The van der Waals surface area contributed by atoms with Crippen LogP contribution in [0.5, 0.6) is 0 Å². The fourth-order valence-corrected chi connectivity index (χ4v) is 2.50. The third-order valence-corrected chi connectivity index (χ3v) is 3.61. The van der Waals surface area contributed by atoms with Crippen molar-refractivity contribution in [1.29, 1.82) is 0 Å². The fraction of sp³-hybridized carbons (Fsp3) is 0.333. The van der Waals surface area contributed by atoms with Crippen LogP contribution in [0.4, 0.5) is 9.18 Å². The molecule has 1 aliphatic rings. The van der Waals surface area contributed by atoms with Crippen molar-refractivity contribution >= 4 is 27.8 Å². The zero-order valence-corrected chi connectivity index (χ0v) is 11.0. The van der Waals surface area contributed by atoms with Gasteiger partial charge in [0.1, 0.15) is 5.82 Å². The van der Waals surface area contributed by atoms with Gasteiger partial charge >= 0.3 is 6.09 Å². The Hall–Kier alpha value is -1.43. The maximum absolute atomic E-state index is 13.1. The largest absolute Gasteiger partial charge is 0.465 e. The number of amides is 1. The van der Waals surface area contributed by atoms with Crippen LogP contribution in [0.3, 0.4) is 0 Å². The summed E-state index contributed by atoms with van der Waals surface area (Å²) in [5.41, 5.74) is 0.731. The smallest absolute Gasteiger partial charge is 0.407 e. The second-order valence-electron chi connectivity index (χ2n) is 4.16. The molecule has 6 heteroatoms. The Bertz CT molecular complexity index is 506. The lowest BCUT2D eigenvalue weighted by Crippen LogP contribution is -2.38. The van der Waals surface area contributed by atoms with E-state index in [0.29, 0.717) is 4.47 Å². The molecule has 0 bridgehead atoms. The van der Waals surface area contributed by atoms with Crippen molar-refractivity contribution in [3.05, 3.63) is 34.1 Å². The SMILES string of the molecule is O=C1CCN(C(=O)O)C1Cc1ccc(F)c(Br)c1. The molecule has 1 N–H and O–H groups in total. The van der Waals surface area contributed by atoms with Crippen molar-refractivity contribution in [2.24, 2.45) is 0 Å². The summed E-state index contributed by atoms with van der Waals surface area (Å²) in [6.45, 7) is 0.237. The van der Waals surface area contributed by atoms with Gasteiger partial charge in [-0.05, 0) is 33.6 Å². The Morgan fingerprint density at radius 3 is 2.89 bits per heavy atom. The summed E-state index contributed by atoms with van der Waals surface area (Å²) < 4.78 is 13.4. The van der Waals surface area contributed by atoms with E-state index in [0.717, 1.165) is 10.5 Å². The van der Waals surface area contributed by atoms with Crippen molar-refractivity contribution in [1.82, 2.24) is 4.90 Å². The van der Waals surface area contributed by atoms with Gasteiger partial charge in [0.25, 0.3) is 0 Å². The van der Waals surface area contributed by atoms with Gasteiger partial charge in [-0.1, -0.05) is 6.07 Å². The highest BCUT2D eigenvalue weighted by Crippen LogP contribution is 2.22. The molecule has 0 aromatic heterocycles. The first-order valence-corrected chi connectivity index (χ1v) is 6.24. The number of ketones is 1. The summed E-state index contributed by atoms with van der Waals surface area (Å²) in [6.07, 6.45) is -0.560.